The molecular formula is C15H25N3O. The molecule has 0 spiro atoms. The molecular weight excluding hydrogens is 238 g/mol. The number of hydrogen-bond acceptors (Lipinski definition) is 4. The number of methoxy groups -OCH3 is 1. The molecule has 1 atom stereocenters. The van der Waals surface area contributed by atoms with Crippen LogP contribution in [0.15, 0.2) is 18.3 Å². The maximum Gasteiger partial charge on any atom is 0.141 e. The molecule has 4 nitrogen and oxygen atoms in total. The van der Waals surface area contributed by atoms with E-state index in [4.69, 9.17) is 4.74 Å². The van der Waals surface area contributed by atoms with Crippen molar-refractivity contribution in [1.82, 2.24) is 14.8 Å². The van der Waals surface area contributed by atoms with Crippen molar-refractivity contribution in [2.45, 2.75) is 32.9 Å². The molecule has 1 unspecified atom stereocenters. The average molecular weight is 263 g/mol. The highest BCUT2D eigenvalue weighted by Gasteiger charge is 2.21. The van der Waals surface area contributed by atoms with Crippen LogP contribution >= 0.6 is 0 Å². The molecule has 2 rings (SSSR count). The smallest absolute Gasteiger partial charge is 0.141 e. The second kappa shape index (κ2) is 6.87. The summed E-state index contributed by atoms with van der Waals surface area (Å²) in [4.78, 5) is 9.47. The Hall–Kier alpha value is -1.13. The van der Waals surface area contributed by atoms with Crippen LogP contribution in [0.2, 0.25) is 0 Å². The first-order valence-electron chi connectivity index (χ1n) is 7.19. The third kappa shape index (κ3) is 3.67. The Kier molecular flexibility index (Phi) is 5.16. The van der Waals surface area contributed by atoms with E-state index in [-0.39, 0.29) is 0 Å². The summed E-state index contributed by atoms with van der Waals surface area (Å²) in [5, 5.41) is 0. The van der Waals surface area contributed by atoms with Crippen molar-refractivity contribution < 1.29 is 4.74 Å². The molecule has 0 aromatic carbocycles. The molecule has 4 heteroatoms. The second-order valence-electron chi connectivity index (χ2n) is 5.22. The summed E-state index contributed by atoms with van der Waals surface area (Å²) in [5.74, 6) is 0.895. The minimum atomic E-state index is 0.700. The zero-order chi connectivity index (χ0) is 13.7. The third-order valence-electron chi connectivity index (χ3n) is 4.06. The van der Waals surface area contributed by atoms with Crippen molar-refractivity contribution in [3.63, 3.8) is 0 Å². The standard InChI is InChI=1S/C15H25N3O/c1-4-13(2)18-10-8-17(9-11-18)12-14-15(19-3)6-5-7-16-14/h5-7,13H,4,8-12H2,1-3H3. The summed E-state index contributed by atoms with van der Waals surface area (Å²) >= 11 is 0. The van der Waals surface area contributed by atoms with Crippen LogP contribution in [0, 0.1) is 0 Å². The van der Waals surface area contributed by atoms with E-state index in [1.807, 2.05) is 18.3 Å². The lowest BCUT2D eigenvalue weighted by Crippen LogP contribution is -2.49. The van der Waals surface area contributed by atoms with E-state index in [2.05, 4.69) is 28.6 Å². The Morgan fingerprint density at radius 1 is 1.32 bits per heavy atom. The van der Waals surface area contributed by atoms with Crippen LogP contribution in [-0.4, -0.2) is 54.1 Å². The Balaban J connectivity index is 1.89. The van der Waals surface area contributed by atoms with Gasteiger partial charge in [-0.2, -0.15) is 0 Å². The van der Waals surface area contributed by atoms with Gasteiger partial charge in [0.05, 0.1) is 12.8 Å². The Morgan fingerprint density at radius 2 is 2.05 bits per heavy atom. The summed E-state index contributed by atoms with van der Waals surface area (Å²) < 4.78 is 5.36. The molecule has 0 radical (unpaired) electrons. The lowest BCUT2D eigenvalue weighted by Gasteiger charge is -2.37. The lowest BCUT2D eigenvalue weighted by atomic mass is 10.2. The first kappa shape index (κ1) is 14.3. The van der Waals surface area contributed by atoms with Crippen molar-refractivity contribution in [1.29, 1.82) is 0 Å². The quantitative estimate of drug-likeness (QED) is 0.812. The van der Waals surface area contributed by atoms with Crippen molar-refractivity contribution in [2.24, 2.45) is 0 Å². The van der Waals surface area contributed by atoms with Crippen LogP contribution < -0.4 is 4.74 Å². The summed E-state index contributed by atoms with van der Waals surface area (Å²) in [5.41, 5.74) is 1.04. The molecule has 1 aromatic heterocycles. The van der Waals surface area contributed by atoms with Crippen molar-refractivity contribution >= 4 is 0 Å². The van der Waals surface area contributed by atoms with E-state index < -0.39 is 0 Å². The van der Waals surface area contributed by atoms with Crippen molar-refractivity contribution in [2.75, 3.05) is 33.3 Å². The topological polar surface area (TPSA) is 28.6 Å². The van der Waals surface area contributed by atoms with Crippen LogP contribution in [0.4, 0.5) is 0 Å². The largest absolute Gasteiger partial charge is 0.495 e. The van der Waals surface area contributed by atoms with Gasteiger partial charge in [-0.1, -0.05) is 6.92 Å². The van der Waals surface area contributed by atoms with E-state index in [9.17, 15) is 0 Å². The van der Waals surface area contributed by atoms with Gasteiger partial charge in [-0.3, -0.25) is 14.8 Å². The number of pyridine rings is 1. The molecule has 0 amide bonds. The minimum Gasteiger partial charge on any atom is -0.495 e. The van der Waals surface area contributed by atoms with E-state index in [1.165, 1.54) is 6.42 Å². The first-order chi connectivity index (χ1) is 9.24. The number of hydrogen-bond donors (Lipinski definition) is 0. The lowest BCUT2D eigenvalue weighted by molar-refractivity contribution is 0.0950. The van der Waals surface area contributed by atoms with E-state index in [1.54, 1.807) is 7.11 Å². The first-order valence-corrected chi connectivity index (χ1v) is 7.19. The van der Waals surface area contributed by atoms with Gasteiger partial charge in [0.2, 0.25) is 0 Å². The van der Waals surface area contributed by atoms with Crippen LogP contribution in [0.25, 0.3) is 0 Å². The Labute approximate surface area is 116 Å². The van der Waals surface area contributed by atoms with Gasteiger partial charge < -0.3 is 4.74 Å². The molecule has 106 valence electrons. The molecule has 2 heterocycles. The number of piperazine rings is 1. The summed E-state index contributed by atoms with van der Waals surface area (Å²) in [6.45, 7) is 10.0. The van der Waals surface area contributed by atoms with Gasteiger partial charge in [0.1, 0.15) is 5.75 Å². The Bertz CT molecular complexity index is 389. The number of nitrogens with zero attached hydrogens (tertiary/aromatic N) is 3. The minimum absolute atomic E-state index is 0.700. The molecule has 0 aliphatic carbocycles. The highest BCUT2D eigenvalue weighted by molar-refractivity contribution is 5.26. The highest BCUT2D eigenvalue weighted by atomic mass is 16.5. The van der Waals surface area contributed by atoms with Crippen molar-refractivity contribution in [3.05, 3.63) is 24.0 Å². The molecule has 1 aliphatic heterocycles. The van der Waals surface area contributed by atoms with Gasteiger partial charge >= 0.3 is 0 Å². The molecule has 1 saturated heterocycles. The SMILES string of the molecule is CCC(C)N1CCN(Cc2ncccc2OC)CC1. The zero-order valence-electron chi connectivity index (χ0n) is 12.3. The number of aromatic nitrogens is 1. The molecule has 19 heavy (non-hydrogen) atoms. The van der Waals surface area contributed by atoms with Gasteiger partial charge in [0.25, 0.3) is 0 Å². The highest BCUT2D eigenvalue weighted by Crippen LogP contribution is 2.18. The van der Waals surface area contributed by atoms with E-state index in [0.29, 0.717) is 6.04 Å². The summed E-state index contributed by atoms with van der Waals surface area (Å²) in [7, 11) is 1.71. The molecule has 0 bridgehead atoms. The fourth-order valence-corrected chi connectivity index (χ4v) is 2.56. The molecule has 0 saturated carbocycles. The zero-order valence-corrected chi connectivity index (χ0v) is 12.3. The average Bonchev–Trinajstić information content (AvgIpc) is 2.48. The van der Waals surface area contributed by atoms with E-state index >= 15 is 0 Å². The van der Waals surface area contributed by atoms with Gasteiger partial charge in [0, 0.05) is 45.0 Å². The maximum absolute atomic E-state index is 5.36. The summed E-state index contributed by atoms with van der Waals surface area (Å²) in [6.07, 6.45) is 3.07. The maximum atomic E-state index is 5.36. The summed E-state index contributed by atoms with van der Waals surface area (Å²) in [6, 6.07) is 4.60. The van der Waals surface area contributed by atoms with Crippen molar-refractivity contribution in [3.8, 4) is 5.75 Å². The van der Waals surface area contributed by atoms with Crippen LogP contribution in [0.3, 0.4) is 0 Å². The normalized spacial score (nSPS) is 19.3. The number of rotatable bonds is 5. The molecule has 1 aromatic rings. The second-order valence-corrected chi connectivity index (χ2v) is 5.22. The number of ether oxygens (including phenoxy) is 1. The van der Waals surface area contributed by atoms with Gasteiger partial charge in [-0.05, 0) is 25.5 Å². The molecule has 1 aliphatic rings. The van der Waals surface area contributed by atoms with Gasteiger partial charge in [-0.15, -0.1) is 0 Å². The van der Waals surface area contributed by atoms with Gasteiger partial charge in [0.15, 0.2) is 0 Å². The predicted octanol–water partition coefficient (Wildman–Crippen LogP) is 2.01. The monoisotopic (exact) mass is 263 g/mol. The van der Waals surface area contributed by atoms with Crippen LogP contribution in [-0.2, 0) is 6.54 Å². The third-order valence-corrected chi connectivity index (χ3v) is 4.06. The van der Waals surface area contributed by atoms with Crippen LogP contribution in [0.1, 0.15) is 26.0 Å². The fourth-order valence-electron chi connectivity index (χ4n) is 2.56. The molecule has 1 fully saturated rings. The predicted molar refractivity (Wildman–Crippen MR) is 77.4 cm³/mol. The van der Waals surface area contributed by atoms with Crippen LogP contribution in [0.5, 0.6) is 5.75 Å². The van der Waals surface area contributed by atoms with Gasteiger partial charge in [-0.25, -0.2) is 0 Å². The fraction of sp³-hybridized carbons (Fsp3) is 0.667. The molecule has 0 N–H and O–H groups in total. The Morgan fingerprint density at radius 3 is 2.68 bits per heavy atom. The van der Waals surface area contributed by atoms with E-state index in [0.717, 1.165) is 44.2 Å².